The van der Waals surface area contributed by atoms with Gasteiger partial charge in [0.05, 0.1) is 23.9 Å². The van der Waals surface area contributed by atoms with Crippen molar-refractivity contribution in [2.45, 2.75) is 19.3 Å². The zero-order valence-electron chi connectivity index (χ0n) is 13.2. The van der Waals surface area contributed by atoms with Crippen molar-refractivity contribution in [1.82, 2.24) is 4.98 Å². The highest BCUT2D eigenvalue weighted by Crippen LogP contribution is 2.48. The lowest BCUT2D eigenvalue weighted by molar-refractivity contribution is -0.117. The summed E-state index contributed by atoms with van der Waals surface area (Å²) in [5, 5.41) is 11.8. The number of rotatable bonds is 5. The SMILES string of the molecule is CCOC(=O)c1cc(NC(=O)[C@@H]2C[C@H]2c2cccc(C#N)c2)c[nH]1. The molecule has 0 unspecified atom stereocenters. The van der Waals surface area contributed by atoms with Gasteiger partial charge in [0.1, 0.15) is 5.69 Å². The summed E-state index contributed by atoms with van der Waals surface area (Å²) in [6.45, 7) is 2.03. The van der Waals surface area contributed by atoms with Gasteiger partial charge in [-0.15, -0.1) is 0 Å². The lowest BCUT2D eigenvalue weighted by atomic mass is 10.1. The number of H-pyrrole nitrogens is 1. The number of nitriles is 1. The lowest BCUT2D eigenvalue weighted by Gasteiger charge is -2.03. The fourth-order valence-corrected chi connectivity index (χ4v) is 2.72. The van der Waals surface area contributed by atoms with E-state index in [0.29, 0.717) is 23.6 Å². The van der Waals surface area contributed by atoms with Crippen molar-refractivity contribution >= 4 is 17.6 Å². The van der Waals surface area contributed by atoms with E-state index < -0.39 is 5.97 Å². The first-order chi connectivity index (χ1) is 11.6. The number of ether oxygens (including phenoxy) is 1. The molecular formula is C18H17N3O3. The molecule has 2 aromatic rings. The Hall–Kier alpha value is -3.07. The van der Waals surface area contributed by atoms with Gasteiger partial charge in [-0.1, -0.05) is 12.1 Å². The molecule has 1 amide bonds. The second-order valence-electron chi connectivity index (χ2n) is 5.70. The maximum absolute atomic E-state index is 12.3. The van der Waals surface area contributed by atoms with Crippen LogP contribution in [0.2, 0.25) is 0 Å². The number of aromatic amines is 1. The first-order valence-electron chi connectivity index (χ1n) is 7.79. The Kier molecular flexibility index (Phi) is 4.34. The van der Waals surface area contributed by atoms with Gasteiger partial charge in [-0.3, -0.25) is 4.79 Å². The minimum atomic E-state index is -0.449. The summed E-state index contributed by atoms with van der Waals surface area (Å²) in [5.41, 5.74) is 2.46. The third-order valence-electron chi connectivity index (χ3n) is 4.02. The summed E-state index contributed by atoms with van der Waals surface area (Å²) in [6.07, 6.45) is 2.33. The van der Waals surface area contributed by atoms with Crippen LogP contribution in [0.15, 0.2) is 36.5 Å². The second kappa shape index (κ2) is 6.59. The topological polar surface area (TPSA) is 95.0 Å². The van der Waals surface area contributed by atoms with E-state index >= 15 is 0 Å². The van der Waals surface area contributed by atoms with Crippen LogP contribution in [0, 0.1) is 17.2 Å². The molecule has 2 N–H and O–H groups in total. The molecule has 1 saturated carbocycles. The van der Waals surface area contributed by atoms with Gasteiger partial charge in [0.25, 0.3) is 0 Å². The Morgan fingerprint density at radius 1 is 1.42 bits per heavy atom. The summed E-state index contributed by atoms with van der Waals surface area (Å²) >= 11 is 0. The van der Waals surface area contributed by atoms with Gasteiger partial charge in [-0.25, -0.2) is 4.79 Å². The van der Waals surface area contributed by atoms with E-state index in [9.17, 15) is 9.59 Å². The molecule has 122 valence electrons. The molecule has 0 radical (unpaired) electrons. The van der Waals surface area contributed by atoms with Crippen LogP contribution in [0.3, 0.4) is 0 Å². The predicted octanol–water partition coefficient (Wildman–Crippen LogP) is 2.81. The molecule has 3 rings (SSSR count). The van der Waals surface area contributed by atoms with Crippen molar-refractivity contribution < 1.29 is 14.3 Å². The number of amides is 1. The summed E-state index contributed by atoms with van der Waals surface area (Å²) in [5.74, 6) is -0.506. The van der Waals surface area contributed by atoms with Crippen LogP contribution >= 0.6 is 0 Å². The molecule has 0 aliphatic heterocycles. The van der Waals surface area contributed by atoms with Crippen LogP contribution in [-0.4, -0.2) is 23.5 Å². The molecule has 1 fully saturated rings. The van der Waals surface area contributed by atoms with Gasteiger partial charge in [0.2, 0.25) is 5.91 Å². The minimum absolute atomic E-state index is 0.0863. The number of hydrogen-bond donors (Lipinski definition) is 2. The molecule has 0 bridgehead atoms. The number of nitrogens with zero attached hydrogens (tertiary/aromatic N) is 1. The largest absolute Gasteiger partial charge is 0.461 e. The molecule has 1 aliphatic rings. The quantitative estimate of drug-likeness (QED) is 0.827. The van der Waals surface area contributed by atoms with Crippen molar-refractivity contribution in [3.05, 3.63) is 53.3 Å². The van der Waals surface area contributed by atoms with Gasteiger partial charge in [0.15, 0.2) is 0 Å². The maximum Gasteiger partial charge on any atom is 0.354 e. The molecule has 24 heavy (non-hydrogen) atoms. The van der Waals surface area contributed by atoms with Crippen molar-refractivity contribution in [1.29, 1.82) is 5.26 Å². The van der Waals surface area contributed by atoms with Crippen LogP contribution in [0.5, 0.6) is 0 Å². The first kappa shape index (κ1) is 15.8. The van der Waals surface area contributed by atoms with Crippen molar-refractivity contribution in [2.24, 2.45) is 5.92 Å². The summed E-state index contributed by atoms with van der Waals surface area (Å²) in [7, 11) is 0. The molecule has 0 spiro atoms. The highest BCUT2D eigenvalue weighted by molar-refractivity contribution is 5.97. The second-order valence-corrected chi connectivity index (χ2v) is 5.70. The average Bonchev–Trinajstić information content (AvgIpc) is 3.27. The zero-order chi connectivity index (χ0) is 17.1. The van der Waals surface area contributed by atoms with Crippen LogP contribution in [0.25, 0.3) is 0 Å². The molecule has 6 heteroatoms. The van der Waals surface area contributed by atoms with Gasteiger partial charge in [-0.2, -0.15) is 5.26 Å². The maximum atomic E-state index is 12.3. The number of nitrogens with one attached hydrogen (secondary N) is 2. The standard InChI is InChI=1S/C18H17N3O3/c1-2-24-18(23)16-7-13(10-20-16)21-17(22)15-8-14(15)12-5-3-4-11(6-12)9-19/h3-7,10,14-15,20H,2,8H2,1H3,(H,21,22)/t14-,15+/m0/s1. The molecule has 1 aromatic carbocycles. The third kappa shape index (κ3) is 3.30. The monoisotopic (exact) mass is 323 g/mol. The van der Waals surface area contributed by atoms with Gasteiger partial charge in [0, 0.05) is 12.1 Å². The van der Waals surface area contributed by atoms with Crippen LogP contribution in [0.4, 0.5) is 5.69 Å². The van der Waals surface area contributed by atoms with Gasteiger partial charge < -0.3 is 15.0 Å². The Labute approximate surface area is 139 Å². The highest BCUT2D eigenvalue weighted by Gasteiger charge is 2.44. The fourth-order valence-electron chi connectivity index (χ4n) is 2.72. The Morgan fingerprint density at radius 3 is 3.00 bits per heavy atom. The number of hydrogen-bond acceptors (Lipinski definition) is 4. The van der Waals surface area contributed by atoms with Gasteiger partial charge in [-0.05, 0) is 43.0 Å². The van der Waals surface area contributed by atoms with Crippen molar-refractivity contribution in [2.75, 3.05) is 11.9 Å². The molecular weight excluding hydrogens is 306 g/mol. The molecule has 0 saturated heterocycles. The van der Waals surface area contributed by atoms with E-state index in [-0.39, 0.29) is 17.7 Å². The molecule has 6 nitrogen and oxygen atoms in total. The zero-order valence-corrected chi connectivity index (χ0v) is 13.2. The summed E-state index contributed by atoms with van der Waals surface area (Å²) in [4.78, 5) is 26.7. The highest BCUT2D eigenvalue weighted by atomic mass is 16.5. The average molecular weight is 323 g/mol. The summed E-state index contributed by atoms with van der Waals surface area (Å²) < 4.78 is 4.89. The minimum Gasteiger partial charge on any atom is -0.461 e. The van der Waals surface area contributed by atoms with E-state index in [1.165, 1.54) is 0 Å². The molecule has 1 heterocycles. The predicted molar refractivity (Wildman–Crippen MR) is 87.4 cm³/mol. The van der Waals surface area contributed by atoms with E-state index in [1.54, 1.807) is 25.3 Å². The number of esters is 1. The van der Waals surface area contributed by atoms with Gasteiger partial charge >= 0.3 is 5.97 Å². The number of benzene rings is 1. The lowest BCUT2D eigenvalue weighted by Crippen LogP contribution is -2.14. The van der Waals surface area contributed by atoms with E-state index in [0.717, 1.165) is 12.0 Å². The molecule has 1 aliphatic carbocycles. The van der Waals surface area contributed by atoms with Crippen LogP contribution < -0.4 is 5.32 Å². The third-order valence-corrected chi connectivity index (χ3v) is 4.02. The molecule has 1 aromatic heterocycles. The summed E-state index contributed by atoms with van der Waals surface area (Å²) in [6, 6.07) is 11.0. The fraction of sp³-hybridized carbons (Fsp3) is 0.278. The van der Waals surface area contributed by atoms with Crippen LogP contribution in [-0.2, 0) is 9.53 Å². The first-order valence-corrected chi connectivity index (χ1v) is 7.79. The van der Waals surface area contributed by atoms with Crippen molar-refractivity contribution in [3.63, 3.8) is 0 Å². The van der Waals surface area contributed by atoms with E-state index in [2.05, 4.69) is 16.4 Å². The smallest absolute Gasteiger partial charge is 0.354 e. The number of anilines is 1. The number of aromatic nitrogens is 1. The molecule has 2 atom stereocenters. The van der Waals surface area contributed by atoms with E-state index in [4.69, 9.17) is 10.00 Å². The van der Waals surface area contributed by atoms with Crippen LogP contribution in [0.1, 0.15) is 40.9 Å². The normalized spacial score (nSPS) is 18.5. The Bertz CT molecular complexity index is 819. The Balaban J connectivity index is 1.61. The van der Waals surface area contributed by atoms with E-state index in [1.807, 2.05) is 18.2 Å². The van der Waals surface area contributed by atoms with Crippen molar-refractivity contribution in [3.8, 4) is 6.07 Å². The number of carbonyl (C=O) groups is 2. The Morgan fingerprint density at radius 2 is 2.25 bits per heavy atom. The number of carbonyl (C=O) groups excluding carboxylic acids is 2.